The van der Waals surface area contributed by atoms with Gasteiger partial charge < -0.3 is 10.2 Å². The summed E-state index contributed by atoms with van der Waals surface area (Å²) < 4.78 is 13.4. The first-order valence-electron chi connectivity index (χ1n) is 7.26. The molecule has 0 radical (unpaired) electrons. The molecule has 3 heteroatoms. The van der Waals surface area contributed by atoms with Crippen molar-refractivity contribution < 1.29 is 4.39 Å². The molecule has 0 unspecified atom stereocenters. The maximum absolute atomic E-state index is 13.4. The summed E-state index contributed by atoms with van der Waals surface area (Å²) in [7, 11) is 2.11. The molecule has 2 nitrogen and oxygen atoms in total. The van der Waals surface area contributed by atoms with Crippen molar-refractivity contribution in [2.24, 2.45) is 11.8 Å². The van der Waals surface area contributed by atoms with Crippen LogP contribution in [-0.4, -0.2) is 20.1 Å². The summed E-state index contributed by atoms with van der Waals surface area (Å²) in [5.41, 5.74) is 2.22. The molecule has 0 bridgehead atoms. The second-order valence-corrected chi connectivity index (χ2v) is 6.12. The van der Waals surface area contributed by atoms with Gasteiger partial charge in [-0.3, -0.25) is 0 Å². The molecule has 0 saturated heterocycles. The highest BCUT2D eigenvalue weighted by Gasteiger charge is 2.23. The fourth-order valence-corrected chi connectivity index (χ4v) is 2.35. The van der Waals surface area contributed by atoms with Crippen molar-refractivity contribution in [3.8, 4) is 0 Å². The molecule has 1 N–H and O–H groups in total. The SMILES string of the molecule is CC(C)CNCc1cc(F)ccc1N(C)CC1CC1. The molecule has 106 valence electrons. The topological polar surface area (TPSA) is 15.3 Å². The lowest BCUT2D eigenvalue weighted by molar-refractivity contribution is 0.549. The molecule has 0 atom stereocenters. The second kappa shape index (κ2) is 6.38. The summed E-state index contributed by atoms with van der Waals surface area (Å²) >= 11 is 0. The Kier molecular flexibility index (Phi) is 4.81. The second-order valence-electron chi connectivity index (χ2n) is 6.12. The van der Waals surface area contributed by atoms with Crippen LogP contribution in [0.5, 0.6) is 0 Å². The summed E-state index contributed by atoms with van der Waals surface area (Å²) in [6, 6.07) is 5.13. The molecule has 1 fully saturated rings. The highest BCUT2D eigenvalue weighted by atomic mass is 19.1. The summed E-state index contributed by atoms with van der Waals surface area (Å²) in [6.45, 7) is 7.14. The first-order valence-corrected chi connectivity index (χ1v) is 7.26. The van der Waals surface area contributed by atoms with Gasteiger partial charge in [-0.2, -0.15) is 0 Å². The Morgan fingerprint density at radius 3 is 2.74 bits per heavy atom. The average molecular weight is 264 g/mol. The Bertz CT molecular complexity index is 413. The van der Waals surface area contributed by atoms with E-state index >= 15 is 0 Å². The molecule has 1 aromatic rings. The lowest BCUT2D eigenvalue weighted by Crippen LogP contribution is -2.24. The number of anilines is 1. The molecule has 0 heterocycles. The van der Waals surface area contributed by atoms with Gasteiger partial charge in [-0.15, -0.1) is 0 Å². The first kappa shape index (κ1) is 14.3. The van der Waals surface area contributed by atoms with E-state index in [1.807, 2.05) is 6.07 Å². The Morgan fingerprint density at radius 2 is 2.11 bits per heavy atom. The molecule has 1 aliphatic rings. The molecule has 0 aliphatic heterocycles. The van der Waals surface area contributed by atoms with Crippen LogP contribution in [0.25, 0.3) is 0 Å². The molecule has 19 heavy (non-hydrogen) atoms. The zero-order valence-corrected chi connectivity index (χ0v) is 12.2. The van der Waals surface area contributed by atoms with Crippen LogP contribution in [-0.2, 0) is 6.54 Å². The van der Waals surface area contributed by atoms with E-state index < -0.39 is 0 Å². The fraction of sp³-hybridized carbons (Fsp3) is 0.625. The van der Waals surface area contributed by atoms with E-state index in [0.29, 0.717) is 5.92 Å². The number of hydrogen-bond acceptors (Lipinski definition) is 2. The number of halogens is 1. The van der Waals surface area contributed by atoms with Crippen molar-refractivity contribution in [1.82, 2.24) is 5.32 Å². The van der Waals surface area contributed by atoms with Crippen molar-refractivity contribution in [2.75, 3.05) is 25.0 Å². The zero-order chi connectivity index (χ0) is 13.8. The molecule has 1 saturated carbocycles. The van der Waals surface area contributed by atoms with Crippen LogP contribution >= 0.6 is 0 Å². The monoisotopic (exact) mass is 264 g/mol. The van der Waals surface area contributed by atoms with Crippen LogP contribution in [0.3, 0.4) is 0 Å². The Morgan fingerprint density at radius 1 is 1.37 bits per heavy atom. The van der Waals surface area contributed by atoms with Gasteiger partial charge in [0.25, 0.3) is 0 Å². The van der Waals surface area contributed by atoms with Gasteiger partial charge >= 0.3 is 0 Å². The van der Waals surface area contributed by atoms with Gasteiger partial charge in [0.2, 0.25) is 0 Å². The Labute approximate surface area is 116 Å². The summed E-state index contributed by atoms with van der Waals surface area (Å²) in [6.07, 6.45) is 2.68. The van der Waals surface area contributed by atoms with Crippen molar-refractivity contribution in [3.63, 3.8) is 0 Å². The molecule has 2 rings (SSSR count). The lowest BCUT2D eigenvalue weighted by Gasteiger charge is -2.23. The van der Waals surface area contributed by atoms with Crippen LogP contribution in [0.2, 0.25) is 0 Å². The zero-order valence-electron chi connectivity index (χ0n) is 12.2. The largest absolute Gasteiger partial charge is 0.374 e. The van der Waals surface area contributed by atoms with E-state index in [2.05, 4.69) is 31.1 Å². The van der Waals surface area contributed by atoms with Crippen molar-refractivity contribution in [3.05, 3.63) is 29.6 Å². The summed E-state index contributed by atoms with van der Waals surface area (Å²) in [5, 5.41) is 3.40. The number of hydrogen-bond donors (Lipinski definition) is 1. The Balaban J connectivity index is 2.02. The number of benzene rings is 1. The summed E-state index contributed by atoms with van der Waals surface area (Å²) in [4.78, 5) is 2.27. The lowest BCUT2D eigenvalue weighted by atomic mass is 10.1. The van der Waals surface area contributed by atoms with Crippen LogP contribution in [0.1, 0.15) is 32.3 Å². The minimum atomic E-state index is -0.148. The fourth-order valence-electron chi connectivity index (χ4n) is 2.35. The number of nitrogens with zero attached hydrogens (tertiary/aromatic N) is 1. The maximum Gasteiger partial charge on any atom is 0.123 e. The number of nitrogens with one attached hydrogen (secondary N) is 1. The molecular weight excluding hydrogens is 239 g/mol. The third kappa shape index (κ3) is 4.50. The predicted molar refractivity (Wildman–Crippen MR) is 78.9 cm³/mol. The normalized spacial score (nSPS) is 15.0. The predicted octanol–water partition coefficient (Wildman–Crippen LogP) is 3.42. The van der Waals surface area contributed by atoms with Gasteiger partial charge in [-0.1, -0.05) is 13.8 Å². The molecule has 0 aromatic heterocycles. The van der Waals surface area contributed by atoms with Crippen LogP contribution in [0.4, 0.5) is 10.1 Å². The summed E-state index contributed by atoms with van der Waals surface area (Å²) in [5.74, 6) is 1.30. The highest BCUT2D eigenvalue weighted by molar-refractivity contribution is 5.53. The first-order chi connectivity index (χ1) is 9.06. The van der Waals surface area contributed by atoms with E-state index in [4.69, 9.17) is 0 Å². The third-order valence-electron chi connectivity index (χ3n) is 3.55. The molecule has 0 spiro atoms. The van der Waals surface area contributed by atoms with Gasteiger partial charge in [0.1, 0.15) is 5.82 Å². The minimum absolute atomic E-state index is 0.148. The van der Waals surface area contributed by atoms with Gasteiger partial charge in [-0.05, 0) is 55.0 Å². The standard InChI is InChI=1S/C16H25FN2/c1-12(2)9-18-10-14-8-15(17)6-7-16(14)19(3)11-13-4-5-13/h6-8,12-13,18H,4-5,9-11H2,1-3H3. The van der Waals surface area contributed by atoms with E-state index in [1.54, 1.807) is 12.1 Å². The van der Waals surface area contributed by atoms with Gasteiger partial charge in [0.15, 0.2) is 0 Å². The van der Waals surface area contributed by atoms with Crippen molar-refractivity contribution in [2.45, 2.75) is 33.2 Å². The van der Waals surface area contributed by atoms with E-state index in [0.717, 1.165) is 36.8 Å². The van der Waals surface area contributed by atoms with Gasteiger partial charge in [0.05, 0.1) is 0 Å². The van der Waals surface area contributed by atoms with E-state index in [-0.39, 0.29) is 5.82 Å². The van der Waals surface area contributed by atoms with E-state index in [9.17, 15) is 4.39 Å². The van der Waals surface area contributed by atoms with Gasteiger partial charge in [0, 0.05) is 25.8 Å². The quantitative estimate of drug-likeness (QED) is 0.812. The van der Waals surface area contributed by atoms with Crippen molar-refractivity contribution in [1.29, 1.82) is 0 Å². The van der Waals surface area contributed by atoms with Crippen LogP contribution in [0, 0.1) is 17.7 Å². The molecule has 0 amide bonds. The van der Waals surface area contributed by atoms with Crippen molar-refractivity contribution >= 4 is 5.69 Å². The van der Waals surface area contributed by atoms with Gasteiger partial charge in [-0.25, -0.2) is 4.39 Å². The third-order valence-corrected chi connectivity index (χ3v) is 3.55. The molecular formula is C16H25FN2. The average Bonchev–Trinajstić information content (AvgIpc) is 3.12. The molecule has 1 aromatic carbocycles. The maximum atomic E-state index is 13.4. The minimum Gasteiger partial charge on any atom is -0.374 e. The van der Waals surface area contributed by atoms with Crippen LogP contribution < -0.4 is 10.2 Å². The number of rotatable bonds is 7. The van der Waals surface area contributed by atoms with Crippen LogP contribution in [0.15, 0.2) is 18.2 Å². The smallest absolute Gasteiger partial charge is 0.123 e. The molecule has 1 aliphatic carbocycles. The highest BCUT2D eigenvalue weighted by Crippen LogP contribution is 2.31. The Hall–Kier alpha value is -1.09. The van der Waals surface area contributed by atoms with E-state index in [1.165, 1.54) is 12.8 Å².